The van der Waals surface area contributed by atoms with E-state index in [0.717, 1.165) is 12.1 Å². The topological polar surface area (TPSA) is 12.0 Å². The predicted octanol–water partition coefficient (Wildman–Crippen LogP) is 1.85. The molecule has 0 aromatic rings. The van der Waals surface area contributed by atoms with Crippen molar-refractivity contribution in [2.75, 3.05) is 6.54 Å². The van der Waals surface area contributed by atoms with Crippen LogP contribution in [0.25, 0.3) is 0 Å². The molecule has 0 fully saturated rings. The van der Waals surface area contributed by atoms with E-state index in [1.807, 2.05) is 19.1 Å². The van der Waals surface area contributed by atoms with Crippen LogP contribution in [-0.4, -0.2) is 6.54 Å². The van der Waals surface area contributed by atoms with Crippen LogP contribution < -0.4 is 5.32 Å². The lowest BCUT2D eigenvalue weighted by Crippen LogP contribution is -2.01. The van der Waals surface area contributed by atoms with E-state index in [1.54, 1.807) is 6.20 Å². The first-order valence-corrected chi connectivity index (χ1v) is 2.93. The van der Waals surface area contributed by atoms with Crippen molar-refractivity contribution in [3.8, 4) is 0 Å². The van der Waals surface area contributed by atoms with Gasteiger partial charge in [-0.15, -0.1) is 0 Å². The van der Waals surface area contributed by atoms with Crippen LogP contribution in [0.4, 0.5) is 0 Å². The molecule has 50 valence electrons. The molecule has 0 radical (unpaired) electrons. The molecule has 1 nitrogen and oxygen atoms in total. The van der Waals surface area contributed by atoms with Crippen molar-refractivity contribution in [2.24, 2.45) is 0 Å². The fourth-order valence-electron chi connectivity index (χ4n) is 0.411. The van der Waals surface area contributed by atoms with Crippen molar-refractivity contribution >= 4 is 0 Å². The van der Waals surface area contributed by atoms with E-state index in [9.17, 15) is 0 Å². The minimum Gasteiger partial charge on any atom is -0.388 e. The van der Waals surface area contributed by atoms with Gasteiger partial charge in [-0.1, -0.05) is 30.9 Å². The van der Waals surface area contributed by atoms with Gasteiger partial charge in [0.05, 0.1) is 0 Å². The van der Waals surface area contributed by atoms with Gasteiger partial charge >= 0.3 is 0 Å². The average Bonchev–Trinajstić information content (AvgIpc) is 1.80. The van der Waals surface area contributed by atoms with E-state index in [4.69, 9.17) is 0 Å². The van der Waals surface area contributed by atoms with Crippen LogP contribution in [0.1, 0.15) is 6.92 Å². The third kappa shape index (κ3) is 7.02. The molecule has 9 heavy (non-hydrogen) atoms. The van der Waals surface area contributed by atoms with Crippen molar-refractivity contribution in [3.05, 3.63) is 37.1 Å². The summed E-state index contributed by atoms with van der Waals surface area (Å²) in [5, 5.41) is 2.94. The van der Waals surface area contributed by atoms with Gasteiger partial charge in [-0.3, -0.25) is 0 Å². The SMILES string of the molecule is C=CNC/C=C/C(=C)C. The normalized spacial score (nSPS) is 9.44. The maximum Gasteiger partial charge on any atom is 0.0328 e. The van der Waals surface area contributed by atoms with Gasteiger partial charge in [-0.25, -0.2) is 0 Å². The molecule has 0 aliphatic heterocycles. The monoisotopic (exact) mass is 123 g/mol. The van der Waals surface area contributed by atoms with Gasteiger partial charge in [-0.05, 0) is 13.1 Å². The molecule has 0 heterocycles. The van der Waals surface area contributed by atoms with E-state index < -0.39 is 0 Å². The zero-order valence-corrected chi connectivity index (χ0v) is 5.85. The fraction of sp³-hybridized carbons (Fsp3) is 0.250. The Morgan fingerprint density at radius 3 is 2.78 bits per heavy atom. The van der Waals surface area contributed by atoms with Gasteiger partial charge in [0.1, 0.15) is 0 Å². The van der Waals surface area contributed by atoms with Crippen molar-refractivity contribution in [3.63, 3.8) is 0 Å². The van der Waals surface area contributed by atoms with Gasteiger partial charge in [0, 0.05) is 6.54 Å². The second kappa shape index (κ2) is 5.16. The molecule has 0 rings (SSSR count). The minimum absolute atomic E-state index is 0.830. The molecule has 0 unspecified atom stereocenters. The maximum absolute atomic E-state index is 3.71. The number of rotatable bonds is 4. The second-order valence-corrected chi connectivity index (χ2v) is 1.86. The largest absolute Gasteiger partial charge is 0.388 e. The summed E-state index contributed by atoms with van der Waals surface area (Å²) in [6.45, 7) is 10.0. The van der Waals surface area contributed by atoms with Crippen LogP contribution in [0.5, 0.6) is 0 Å². The standard InChI is InChI=1S/C8H13N/c1-4-9-7-5-6-8(2)3/h4-6,9H,1-2,7H2,3H3/b6-5+. The van der Waals surface area contributed by atoms with E-state index in [0.29, 0.717) is 0 Å². The highest BCUT2D eigenvalue weighted by Crippen LogP contribution is 1.86. The van der Waals surface area contributed by atoms with Gasteiger partial charge in [0.25, 0.3) is 0 Å². The Balaban J connectivity index is 3.24. The molecule has 0 saturated heterocycles. The van der Waals surface area contributed by atoms with Gasteiger partial charge in [-0.2, -0.15) is 0 Å². The van der Waals surface area contributed by atoms with Crippen LogP contribution in [-0.2, 0) is 0 Å². The fourth-order valence-corrected chi connectivity index (χ4v) is 0.411. The molecule has 0 amide bonds. The van der Waals surface area contributed by atoms with E-state index >= 15 is 0 Å². The first-order chi connectivity index (χ1) is 4.27. The molecule has 0 atom stereocenters. The van der Waals surface area contributed by atoms with E-state index in [2.05, 4.69) is 18.5 Å². The molecule has 0 aromatic carbocycles. The molecule has 0 spiro atoms. The molecule has 1 heteroatoms. The predicted molar refractivity (Wildman–Crippen MR) is 42.2 cm³/mol. The minimum atomic E-state index is 0.830. The molecule has 0 aliphatic carbocycles. The summed E-state index contributed by atoms with van der Waals surface area (Å²) in [6, 6.07) is 0. The first kappa shape index (κ1) is 8.02. The Kier molecular flexibility index (Phi) is 4.60. The highest BCUT2D eigenvalue weighted by Gasteiger charge is 1.71. The van der Waals surface area contributed by atoms with Crippen molar-refractivity contribution < 1.29 is 0 Å². The summed E-state index contributed by atoms with van der Waals surface area (Å²) in [5.74, 6) is 0. The lowest BCUT2D eigenvalue weighted by Gasteiger charge is -1.90. The second-order valence-electron chi connectivity index (χ2n) is 1.86. The third-order valence-corrected chi connectivity index (χ3v) is 0.782. The van der Waals surface area contributed by atoms with Crippen LogP contribution in [0.15, 0.2) is 37.1 Å². The van der Waals surface area contributed by atoms with Crippen molar-refractivity contribution in [2.45, 2.75) is 6.92 Å². The van der Waals surface area contributed by atoms with E-state index in [-0.39, 0.29) is 0 Å². The molecule has 1 N–H and O–H groups in total. The lowest BCUT2D eigenvalue weighted by atomic mass is 10.3. The molecular weight excluding hydrogens is 110 g/mol. The summed E-state index contributed by atoms with van der Waals surface area (Å²) in [7, 11) is 0. The van der Waals surface area contributed by atoms with Crippen LogP contribution in [0.3, 0.4) is 0 Å². The van der Waals surface area contributed by atoms with Gasteiger partial charge in [0.2, 0.25) is 0 Å². The summed E-state index contributed by atoms with van der Waals surface area (Å²) in [5.41, 5.74) is 1.07. The smallest absolute Gasteiger partial charge is 0.0328 e. The molecule has 0 saturated carbocycles. The summed E-state index contributed by atoms with van der Waals surface area (Å²) >= 11 is 0. The molecular formula is C8H13N. The zero-order chi connectivity index (χ0) is 7.11. The Labute approximate surface area is 56.8 Å². The Hall–Kier alpha value is -0.980. The third-order valence-electron chi connectivity index (χ3n) is 0.782. The van der Waals surface area contributed by atoms with Gasteiger partial charge < -0.3 is 5.32 Å². The van der Waals surface area contributed by atoms with Crippen LogP contribution in [0.2, 0.25) is 0 Å². The quantitative estimate of drug-likeness (QED) is 0.444. The number of hydrogen-bond donors (Lipinski definition) is 1. The highest BCUT2D eigenvalue weighted by atomic mass is 14.8. The summed E-state index contributed by atoms with van der Waals surface area (Å²) < 4.78 is 0. The van der Waals surface area contributed by atoms with Crippen molar-refractivity contribution in [1.82, 2.24) is 5.32 Å². The van der Waals surface area contributed by atoms with Gasteiger partial charge in [0.15, 0.2) is 0 Å². The number of allylic oxidation sites excluding steroid dienone is 2. The Bertz CT molecular complexity index is 123. The lowest BCUT2D eigenvalue weighted by molar-refractivity contribution is 0.988. The van der Waals surface area contributed by atoms with Crippen molar-refractivity contribution in [1.29, 1.82) is 0 Å². The zero-order valence-electron chi connectivity index (χ0n) is 5.85. The van der Waals surface area contributed by atoms with Crippen LogP contribution in [0, 0.1) is 0 Å². The summed E-state index contributed by atoms with van der Waals surface area (Å²) in [6.07, 6.45) is 5.64. The summed E-state index contributed by atoms with van der Waals surface area (Å²) in [4.78, 5) is 0. The highest BCUT2D eigenvalue weighted by molar-refractivity contribution is 5.11. The Morgan fingerprint density at radius 2 is 2.33 bits per heavy atom. The Morgan fingerprint density at radius 1 is 1.67 bits per heavy atom. The average molecular weight is 123 g/mol. The molecule has 0 bridgehead atoms. The maximum atomic E-state index is 3.71. The van der Waals surface area contributed by atoms with Crippen LogP contribution >= 0.6 is 0 Å². The molecule has 0 aromatic heterocycles. The number of hydrogen-bond acceptors (Lipinski definition) is 1. The van der Waals surface area contributed by atoms with E-state index in [1.165, 1.54) is 0 Å². The first-order valence-electron chi connectivity index (χ1n) is 2.93. The number of nitrogens with one attached hydrogen (secondary N) is 1. The molecule has 0 aliphatic rings.